The summed E-state index contributed by atoms with van der Waals surface area (Å²) in [6.07, 6.45) is 1.56. The van der Waals surface area contributed by atoms with Crippen LogP contribution >= 0.6 is 0 Å². The van der Waals surface area contributed by atoms with E-state index in [4.69, 9.17) is 0 Å². The van der Waals surface area contributed by atoms with Crippen LogP contribution in [0.1, 0.15) is 29.5 Å². The van der Waals surface area contributed by atoms with Crippen LogP contribution in [-0.2, 0) is 0 Å². The Hall–Kier alpha value is -3.08. The van der Waals surface area contributed by atoms with Crippen molar-refractivity contribution in [1.82, 2.24) is 4.90 Å². The zero-order valence-corrected chi connectivity index (χ0v) is 19.8. The topological polar surface area (TPSA) is 38.7 Å². The van der Waals surface area contributed by atoms with Gasteiger partial charge in [0.05, 0.1) is 0 Å². The van der Waals surface area contributed by atoms with E-state index >= 15 is 0 Å². The average Bonchev–Trinajstić information content (AvgIpc) is 2.88. The first-order chi connectivity index (χ1) is 16.2. The van der Waals surface area contributed by atoms with Crippen molar-refractivity contribution < 1.29 is 5.11 Å². The Labute approximate surface area is 198 Å². The third kappa shape index (κ3) is 5.65. The maximum Gasteiger partial charge on any atom is 0.0434 e. The molecular formula is C29H35N3O. The molecule has 172 valence electrons. The van der Waals surface area contributed by atoms with Crippen molar-refractivity contribution >= 4 is 22.5 Å². The molecule has 4 rings (SSSR count). The molecule has 33 heavy (non-hydrogen) atoms. The molecule has 0 aromatic heterocycles. The SMILES string of the molecule is CNc1ccc(/C(=C(\CCCO)c2ccccc2)c2ccc(N3CCN(C)CC3)cc2)cc1. The highest BCUT2D eigenvalue weighted by Gasteiger charge is 2.17. The van der Waals surface area contributed by atoms with Gasteiger partial charge in [-0.15, -0.1) is 0 Å². The van der Waals surface area contributed by atoms with E-state index < -0.39 is 0 Å². The van der Waals surface area contributed by atoms with Crippen LogP contribution in [0, 0.1) is 0 Å². The van der Waals surface area contributed by atoms with Gasteiger partial charge in [0.25, 0.3) is 0 Å². The number of rotatable bonds is 8. The third-order valence-electron chi connectivity index (χ3n) is 6.50. The van der Waals surface area contributed by atoms with E-state index in [0.717, 1.165) is 44.7 Å². The first-order valence-corrected chi connectivity index (χ1v) is 11.9. The van der Waals surface area contributed by atoms with E-state index in [9.17, 15) is 5.11 Å². The van der Waals surface area contributed by atoms with Crippen molar-refractivity contribution in [2.75, 3.05) is 57.1 Å². The molecule has 3 aromatic rings. The maximum absolute atomic E-state index is 9.61. The Kier molecular flexibility index (Phi) is 7.82. The summed E-state index contributed by atoms with van der Waals surface area (Å²) in [6.45, 7) is 4.52. The third-order valence-corrected chi connectivity index (χ3v) is 6.50. The van der Waals surface area contributed by atoms with Gasteiger partial charge in [0.1, 0.15) is 0 Å². The van der Waals surface area contributed by atoms with E-state index in [2.05, 4.69) is 101 Å². The van der Waals surface area contributed by atoms with Gasteiger partial charge in [0.2, 0.25) is 0 Å². The fourth-order valence-electron chi connectivity index (χ4n) is 4.53. The molecule has 0 saturated carbocycles. The van der Waals surface area contributed by atoms with Gasteiger partial charge < -0.3 is 20.2 Å². The number of anilines is 2. The number of likely N-dealkylation sites (N-methyl/N-ethyl adjacent to an activating group) is 1. The summed E-state index contributed by atoms with van der Waals surface area (Å²) in [5, 5.41) is 12.8. The number of aliphatic hydroxyl groups excluding tert-OH is 1. The minimum Gasteiger partial charge on any atom is -0.396 e. The number of allylic oxidation sites excluding steroid dienone is 1. The van der Waals surface area contributed by atoms with Gasteiger partial charge >= 0.3 is 0 Å². The summed E-state index contributed by atoms with van der Waals surface area (Å²) in [5.74, 6) is 0. The maximum atomic E-state index is 9.61. The molecule has 0 bridgehead atoms. The van der Waals surface area contributed by atoms with Crippen molar-refractivity contribution in [1.29, 1.82) is 0 Å². The number of hydrogen-bond acceptors (Lipinski definition) is 4. The van der Waals surface area contributed by atoms with Crippen LogP contribution in [0.4, 0.5) is 11.4 Å². The lowest BCUT2D eigenvalue weighted by Gasteiger charge is -2.34. The minimum atomic E-state index is 0.185. The molecule has 0 spiro atoms. The molecule has 1 saturated heterocycles. The molecule has 2 N–H and O–H groups in total. The monoisotopic (exact) mass is 441 g/mol. The molecule has 0 unspecified atom stereocenters. The van der Waals surface area contributed by atoms with Gasteiger partial charge in [-0.1, -0.05) is 54.6 Å². The predicted molar refractivity (Wildman–Crippen MR) is 141 cm³/mol. The number of benzene rings is 3. The Morgan fingerprint density at radius 3 is 1.97 bits per heavy atom. The van der Waals surface area contributed by atoms with Gasteiger partial charge in [-0.05, 0) is 72.0 Å². The fraction of sp³-hybridized carbons (Fsp3) is 0.310. The van der Waals surface area contributed by atoms with Gasteiger partial charge in [-0.3, -0.25) is 0 Å². The summed E-state index contributed by atoms with van der Waals surface area (Å²) >= 11 is 0. The number of hydrogen-bond donors (Lipinski definition) is 2. The lowest BCUT2D eigenvalue weighted by atomic mass is 9.87. The van der Waals surface area contributed by atoms with Crippen LogP contribution < -0.4 is 10.2 Å². The Morgan fingerprint density at radius 1 is 0.788 bits per heavy atom. The molecule has 4 nitrogen and oxygen atoms in total. The molecule has 0 atom stereocenters. The summed E-state index contributed by atoms with van der Waals surface area (Å²) in [6, 6.07) is 28.3. The smallest absolute Gasteiger partial charge is 0.0434 e. The van der Waals surface area contributed by atoms with Gasteiger partial charge in [0.15, 0.2) is 0 Å². The van der Waals surface area contributed by atoms with Crippen LogP contribution in [0.25, 0.3) is 11.1 Å². The number of aliphatic hydroxyl groups is 1. The second-order valence-corrected chi connectivity index (χ2v) is 8.71. The van der Waals surface area contributed by atoms with Gasteiger partial charge in [-0.25, -0.2) is 0 Å². The normalized spacial score (nSPS) is 15.3. The molecule has 1 fully saturated rings. The van der Waals surface area contributed by atoms with Crippen LogP contribution in [0.2, 0.25) is 0 Å². The summed E-state index contributed by atoms with van der Waals surface area (Å²) in [4.78, 5) is 4.85. The van der Waals surface area contributed by atoms with Crippen LogP contribution in [0.15, 0.2) is 78.9 Å². The fourth-order valence-corrected chi connectivity index (χ4v) is 4.53. The molecule has 1 aliphatic rings. The van der Waals surface area contributed by atoms with Gasteiger partial charge in [-0.2, -0.15) is 0 Å². The molecular weight excluding hydrogens is 406 g/mol. The highest BCUT2D eigenvalue weighted by atomic mass is 16.2. The van der Waals surface area contributed by atoms with Crippen molar-refractivity contribution in [2.24, 2.45) is 0 Å². The lowest BCUT2D eigenvalue weighted by molar-refractivity contribution is 0.290. The van der Waals surface area contributed by atoms with Crippen molar-refractivity contribution in [3.8, 4) is 0 Å². The quantitative estimate of drug-likeness (QED) is 0.471. The molecule has 3 aromatic carbocycles. The number of piperazine rings is 1. The largest absolute Gasteiger partial charge is 0.396 e. The molecule has 0 radical (unpaired) electrons. The van der Waals surface area contributed by atoms with Crippen LogP contribution in [0.3, 0.4) is 0 Å². The second-order valence-electron chi connectivity index (χ2n) is 8.71. The highest BCUT2D eigenvalue weighted by Crippen LogP contribution is 2.36. The number of nitrogens with one attached hydrogen (secondary N) is 1. The summed E-state index contributed by atoms with van der Waals surface area (Å²) < 4.78 is 0. The average molecular weight is 442 g/mol. The summed E-state index contributed by atoms with van der Waals surface area (Å²) in [5.41, 5.74) is 8.51. The predicted octanol–water partition coefficient (Wildman–Crippen LogP) is 5.21. The van der Waals surface area contributed by atoms with E-state index in [1.807, 2.05) is 7.05 Å². The zero-order valence-electron chi connectivity index (χ0n) is 19.8. The minimum absolute atomic E-state index is 0.185. The van der Waals surface area contributed by atoms with Crippen molar-refractivity contribution in [2.45, 2.75) is 12.8 Å². The molecule has 1 heterocycles. The second kappa shape index (κ2) is 11.2. The first-order valence-electron chi connectivity index (χ1n) is 11.9. The Balaban J connectivity index is 1.78. The molecule has 4 heteroatoms. The molecule has 0 amide bonds. The standard InChI is InChI=1S/C29H35N3O/c1-30-26-14-10-24(11-15-26)29(28(9-6-22-33)23-7-4-3-5-8-23)25-12-16-27(17-13-25)32-20-18-31(2)19-21-32/h3-5,7-8,10-17,30,33H,6,9,18-22H2,1-2H3/b29-28-. The lowest BCUT2D eigenvalue weighted by Crippen LogP contribution is -2.44. The highest BCUT2D eigenvalue weighted by molar-refractivity contribution is 5.99. The summed E-state index contributed by atoms with van der Waals surface area (Å²) in [7, 11) is 4.13. The van der Waals surface area contributed by atoms with Gasteiger partial charge in [0, 0.05) is 51.2 Å². The van der Waals surface area contributed by atoms with E-state index in [1.54, 1.807) is 0 Å². The van der Waals surface area contributed by atoms with Crippen molar-refractivity contribution in [3.05, 3.63) is 95.6 Å². The van der Waals surface area contributed by atoms with Crippen LogP contribution in [-0.4, -0.2) is 56.9 Å². The Morgan fingerprint density at radius 2 is 1.39 bits per heavy atom. The van der Waals surface area contributed by atoms with E-state index in [0.29, 0.717) is 0 Å². The molecule has 1 aliphatic heterocycles. The van der Waals surface area contributed by atoms with Crippen LogP contribution in [0.5, 0.6) is 0 Å². The van der Waals surface area contributed by atoms with Crippen molar-refractivity contribution in [3.63, 3.8) is 0 Å². The van der Waals surface area contributed by atoms with E-state index in [1.165, 1.54) is 33.5 Å². The first kappa shape index (κ1) is 23.1. The Bertz CT molecular complexity index is 1030. The number of nitrogens with zero attached hydrogens (tertiary/aromatic N) is 2. The van der Waals surface area contributed by atoms with E-state index in [-0.39, 0.29) is 6.61 Å². The molecule has 0 aliphatic carbocycles. The zero-order chi connectivity index (χ0) is 23.0.